The van der Waals surface area contributed by atoms with Gasteiger partial charge in [-0.05, 0) is 35.6 Å². The summed E-state index contributed by atoms with van der Waals surface area (Å²) >= 11 is 2.20. The Bertz CT molecular complexity index is 435. The molecule has 0 aliphatic carbocycles. The van der Waals surface area contributed by atoms with E-state index >= 15 is 0 Å². The van der Waals surface area contributed by atoms with Crippen molar-refractivity contribution in [1.82, 2.24) is 15.2 Å². The number of likely N-dealkylation sites (N-methyl/N-ethyl adjacent to an activating group) is 1. The van der Waals surface area contributed by atoms with Gasteiger partial charge in [0.15, 0.2) is 0 Å². The van der Waals surface area contributed by atoms with Gasteiger partial charge in [-0.15, -0.1) is 0 Å². The Hall–Kier alpha value is -1.15. The lowest BCUT2D eigenvalue weighted by Gasteiger charge is -2.10. The summed E-state index contributed by atoms with van der Waals surface area (Å²) in [5.74, 6) is 0.649. The molecule has 0 spiro atoms. The van der Waals surface area contributed by atoms with Crippen molar-refractivity contribution in [3.8, 4) is 5.88 Å². The highest BCUT2D eigenvalue weighted by Crippen LogP contribution is 2.08. The van der Waals surface area contributed by atoms with E-state index in [4.69, 9.17) is 4.74 Å². The number of carbonyl (C=O) groups excluding carboxylic acids is 1. The van der Waals surface area contributed by atoms with E-state index in [9.17, 15) is 4.79 Å². The molecule has 0 aromatic carbocycles. The Morgan fingerprint density at radius 3 is 3.00 bits per heavy atom. The van der Waals surface area contributed by atoms with Crippen LogP contribution in [0.3, 0.4) is 0 Å². The fraction of sp³-hybridized carbons (Fsp3) is 0.429. The summed E-state index contributed by atoms with van der Waals surface area (Å²) in [5, 5.41) is 3.17. The normalized spacial score (nSPS) is 10.8. The Morgan fingerprint density at radius 2 is 2.35 bits per heavy atom. The first-order valence-electron chi connectivity index (χ1n) is 6.50. The molecule has 0 saturated carbocycles. The number of carbonyl (C=O) groups is 1. The van der Waals surface area contributed by atoms with Gasteiger partial charge in [0.25, 0.3) is 0 Å². The second kappa shape index (κ2) is 9.71. The minimum absolute atomic E-state index is 0.0219. The molecule has 0 aliphatic rings. The van der Waals surface area contributed by atoms with Crippen molar-refractivity contribution in [3.05, 3.63) is 34.1 Å². The number of rotatable bonds is 8. The molecule has 0 aliphatic heterocycles. The first-order valence-corrected chi connectivity index (χ1v) is 7.58. The maximum absolute atomic E-state index is 11.5. The van der Waals surface area contributed by atoms with Crippen molar-refractivity contribution >= 4 is 28.5 Å². The first kappa shape index (κ1) is 16.9. The van der Waals surface area contributed by atoms with Gasteiger partial charge in [0.1, 0.15) is 6.61 Å². The van der Waals surface area contributed by atoms with Crippen LogP contribution in [0, 0.1) is 3.57 Å². The van der Waals surface area contributed by atoms with E-state index in [1.54, 1.807) is 24.2 Å². The predicted molar refractivity (Wildman–Crippen MR) is 87.8 cm³/mol. The van der Waals surface area contributed by atoms with Gasteiger partial charge in [-0.25, -0.2) is 4.98 Å². The second-order valence-corrected chi connectivity index (χ2v) is 5.37. The molecule has 1 amide bonds. The lowest BCUT2D eigenvalue weighted by atomic mass is 10.4. The lowest BCUT2D eigenvalue weighted by molar-refractivity contribution is -0.124. The van der Waals surface area contributed by atoms with E-state index in [1.165, 1.54) is 0 Å². The van der Waals surface area contributed by atoms with Crippen molar-refractivity contribution in [2.24, 2.45) is 0 Å². The molecule has 5 nitrogen and oxygen atoms in total. The molecule has 110 valence electrons. The zero-order valence-corrected chi connectivity index (χ0v) is 14.0. The van der Waals surface area contributed by atoms with Crippen LogP contribution in [0.15, 0.2) is 30.5 Å². The molecule has 1 heterocycles. The van der Waals surface area contributed by atoms with Gasteiger partial charge >= 0.3 is 0 Å². The molecule has 1 aromatic heterocycles. The van der Waals surface area contributed by atoms with Crippen LogP contribution in [-0.2, 0) is 4.79 Å². The van der Waals surface area contributed by atoms with Crippen molar-refractivity contribution in [2.75, 3.05) is 33.3 Å². The van der Waals surface area contributed by atoms with Crippen molar-refractivity contribution < 1.29 is 9.53 Å². The van der Waals surface area contributed by atoms with E-state index < -0.39 is 0 Å². The monoisotopic (exact) mass is 389 g/mol. The summed E-state index contributed by atoms with van der Waals surface area (Å²) in [4.78, 5) is 17.3. The third-order valence-electron chi connectivity index (χ3n) is 2.60. The highest BCUT2D eigenvalue weighted by Gasteiger charge is 1.99. The number of nitrogens with zero attached hydrogens (tertiary/aromatic N) is 2. The van der Waals surface area contributed by atoms with Crippen molar-refractivity contribution in [3.63, 3.8) is 0 Å². The summed E-state index contributed by atoms with van der Waals surface area (Å²) < 4.78 is 6.55. The topological polar surface area (TPSA) is 54.5 Å². The molecule has 1 rings (SSSR count). The Labute approximate surface area is 133 Å². The van der Waals surface area contributed by atoms with Crippen LogP contribution in [0.4, 0.5) is 0 Å². The number of nitrogens with one attached hydrogen (secondary N) is 1. The van der Waals surface area contributed by atoms with Crippen LogP contribution in [-0.4, -0.2) is 49.1 Å². The van der Waals surface area contributed by atoms with Crippen molar-refractivity contribution in [2.45, 2.75) is 6.92 Å². The van der Waals surface area contributed by atoms with Crippen LogP contribution < -0.4 is 10.1 Å². The number of pyridine rings is 1. The number of ether oxygens (including phenoxy) is 1. The summed E-state index contributed by atoms with van der Waals surface area (Å²) in [6.45, 7) is 4.56. The Morgan fingerprint density at radius 1 is 1.55 bits per heavy atom. The fourth-order valence-electron chi connectivity index (χ4n) is 1.30. The van der Waals surface area contributed by atoms with Gasteiger partial charge in [-0.3, -0.25) is 4.79 Å². The average molecular weight is 389 g/mol. The van der Waals surface area contributed by atoms with E-state index in [0.29, 0.717) is 32.1 Å². The van der Waals surface area contributed by atoms with Crippen LogP contribution in [0.1, 0.15) is 6.92 Å². The molecule has 0 saturated heterocycles. The molecule has 0 fully saturated rings. The largest absolute Gasteiger partial charge is 0.476 e. The maximum atomic E-state index is 11.5. The van der Waals surface area contributed by atoms with Gasteiger partial charge < -0.3 is 15.0 Å². The Kier molecular flexibility index (Phi) is 8.20. The highest BCUT2D eigenvalue weighted by molar-refractivity contribution is 14.1. The van der Waals surface area contributed by atoms with Crippen LogP contribution >= 0.6 is 22.6 Å². The minimum Gasteiger partial charge on any atom is -0.476 e. The van der Waals surface area contributed by atoms with Crippen LogP contribution in [0.5, 0.6) is 5.88 Å². The number of hydrogen-bond donors (Lipinski definition) is 1. The quantitative estimate of drug-likeness (QED) is 0.418. The Balaban J connectivity index is 2.09. The average Bonchev–Trinajstić information content (AvgIpc) is 2.47. The summed E-state index contributed by atoms with van der Waals surface area (Å²) in [5.41, 5.74) is 0. The zero-order chi connectivity index (χ0) is 14.8. The van der Waals surface area contributed by atoms with E-state index in [2.05, 4.69) is 32.9 Å². The number of amides is 1. The van der Waals surface area contributed by atoms with Gasteiger partial charge in [0.05, 0.1) is 0 Å². The molecule has 0 atom stereocenters. The molecule has 0 radical (unpaired) electrons. The second-order valence-electron chi connectivity index (χ2n) is 4.12. The zero-order valence-electron chi connectivity index (χ0n) is 11.8. The molecule has 0 bridgehead atoms. The van der Waals surface area contributed by atoms with Gasteiger partial charge in [-0.2, -0.15) is 0 Å². The number of halogens is 1. The van der Waals surface area contributed by atoms with Gasteiger partial charge in [0, 0.05) is 48.6 Å². The van der Waals surface area contributed by atoms with E-state index in [1.807, 2.05) is 25.1 Å². The number of aromatic nitrogens is 1. The number of hydrogen-bond acceptors (Lipinski definition) is 4. The summed E-state index contributed by atoms with van der Waals surface area (Å²) in [6.07, 6.45) is 5.16. The van der Waals surface area contributed by atoms with Gasteiger partial charge in [-0.1, -0.05) is 6.08 Å². The molecular formula is C14H20IN3O2. The first-order chi connectivity index (χ1) is 9.63. The molecule has 1 aromatic rings. The lowest BCUT2D eigenvalue weighted by Crippen LogP contribution is -2.25. The van der Waals surface area contributed by atoms with Crippen molar-refractivity contribution in [1.29, 1.82) is 0 Å². The summed E-state index contributed by atoms with van der Waals surface area (Å²) in [6, 6.07) is 3.80. The maximum Gasteiger partial charge on any atom is 0.246 e. The molecule has 0 unspecified atom stereocenters. The van der Waals surface area contributed by atoms with Gasteiger partial charge in [0.2, 0.25) is 11.8 Å². The molecule has 6 heteroatoms. The molecule has 20 heavy (non-hydrogen) atoms. The standard InChI is InChI=1S/C14H20IN3O2/c1-3-18(2)14(19)5-4-8-16-9-10-20-13-7-6-12(15)11-17-13/h4-7,11,16H,3,8-10H2,1-2H3/b5-4+. The SMILES string of the molecule is CCN(C)C(=O)/C=C/CNCCOc1ccc(I)cn1. The minimum atomic E-state index is 0.0219. The highest BCUT2D eigenvalue weighted by atomic mass is 127. The molecular weight excluding hydrogens is 369 g/mol. The smallest absolute Gasteiger partial charge is 0.246 e. The van der Waals surface area contributed by atoms with E-state index in [-0.39, 0.29) is 5.91 Å². The fourth-order valence-corrected chi connectivity index (χ4v) is 1.62. The predicted octanol–water partition coefficient (Wildman–Crippen LogP) is 1.69. The third kappa shape index (κ3) is 6.85. The van der Waals surface area contributed by atoms with Crippen LogP contribution in [0.25, 0.3) is 0 Å². The van der Waals surface area contributed by atoms with E-state index in [0.717, 1.165) is 3.57 Å². The molecule has 1 N–H and O–H groups in total. The third-order valence-corrected chi connectivity index (χ3v) is 3.24. The van der Waals surface area contributed by atoms with Crippen LogP contribution in [0.2, 0.25) is 0 Å². The summed E-state index contributed by atoms with van der Waals surface area (Å²) in [7, 11) is 1.78.